The molecule has 98 valence electrons. The number of morpholine rings is 1. The van der Waals surface area contributed by atoms with Gasteiger partial charge < -0.3 is 10.5 Å². The van der Waals surface area contributed by atoms with E-state index >= 15 is 0 Å². The zero-order chi connectivity index (χ0) is 13.0. The van der Waals surface area contributed by atoms with Gasteiger partial charge in [0.05, 0.1) is 25.0 Å². The number of nitrogens with two attached hydrogens (primary N) is 1. The van der Waals surface area contributed by atoms with E-state index in [0.29, 0.717) is 6.04 Å². The van der Waals surface area contributed by atoms with E-state index in [4.69, 9.17) is 15.9 Å². The molecule has 0 amide bonds. The summed E-state index contributed by atoms with van der Waals surface area (Å²) in [5.41, 5.74) is 6.87. The Morgan fingerprint density at radius 2 is 2.22 bits per heavy atom. The lowest BCUT2D eigenvalue weighted by molar-refractivity contribution is -0.000746. The molecule has 1 aliphatic rings. The fourth-order valence-electron chi connectivity index (χ4n) is 2.34. The first kappa shape index (κ1) is 13.1. The number of nitrogens with one attached hydrogen (secondary N) is 1. The largest absolute Gasteiger partial charge is 0.387 e. The average molecular weight is 247 g/mol. The molecule has 1 aliphatic heterocycles. The second kappa shape index (κ2) is 5.98. The van der Waals surface area contributed by atoms with Gasteiger partial charge in [0.15, 0.2) is 0 Å². The number of ether oxygens (including phenoxy) is 1. The van der Waals surface area contributed by atoms with Gasteiger partial charge in [-0.3, -0.25) is 10.3 Å². The molecule has 2 unspecified atom stereocenters. The molecule has 1 heterocycles. The molecule has 2 rings (SSSR count). The maximum absolute atomic E-state index is 7.79. The highest BCUT2D eigenvalue weighted by molar-refractivity contribution is 5.84. The second-order valence-corrected chi connectivity index (χ2v) is 4.84. The molecule has 0 saturated carbocycles. The van der Waals surface area contributed by atoms with Crippen LogP contribution in [-0.4, -0.2) is 43.1 Å². The molecular weight excluding hydrogens is 226 g/mol. The Bertz CT molecular complexity index is 393. The van der Waals surface area contributed by atoms with Crippen LogP contribution in [0.5, 0.6) is 0 Å². The lowest BCUT2D eigenvalue weighted by Crippen LogP contribution is -2.46. The molecule has 0 aromatic heterocycles. The minimum atomic E-state index is -0.0215. The van der Waals surface area contributed by atoms with Crippen molar-refractivity contribution >= 4 is 5.84 Å². The van der Waals surface area contributed by atoms with E-state index in [0.717, 1.165) is 31.9 Å². The van der Waals surface area contributed by atoms with Crippen molar-refractivity contribution in [1.29, 1.82) is 5.41 Å². The van der Waals surface area contributed by atoms with Gasteiger partial charge in [0, 0.05) is 19.1 Å². The Balaban J connectivity index is 2.09. The first-order valence-electron chi connectivity index (χ1n) is 6.39. The smallest absolute Gasteiger partial charge is 0.0995 e. The quantitative estimate of drug-likeness (QED) is 0.625. The van der Waals surface area contributed by atoms with Crippen molar-refractivity contribution in [3.8, 4) is 0 Å². The number of rotatable bonds is 4. The van der Waals surface area contributed by atoms with Crippen molar-refractivity contribution in [2.24, 2.45) is 5.73 Å². The number of benzene rings is 1. The van der Waals surface area contributed by atoms with Crippen LogP contribution < -0.4 is 5.73 Å². The number of hydrogen-bond donors (Lipinski definition) is 2. The van der Waals surface area contributed by atoms with Gasteiger partial charge in [0.2, 0.25) is 0 Å². The predicted octanol–water partition coefficient (Wildman–Crippen LogP) is 1.43. The zero-order valence-electron chi connectivity index (χ0n) is 10.8. The van der Waals surface area contributed by atoms with Gasteiger partial charge in [0.25, 0.3) is 0 Å². The maximum Gasteiger partial charge on any atom is 0.0995 e. The molecule has 0 bridgehead atoms. The summed E-state index contributed by atoms with van der Waals surface area (Å²) < 4.78 is 5.43. The Labute approximate surface area is 108 Å². The normalized spacial score (nSPS) is 22.6. The fraction of sp³-hybridized carbons (Fsp3) is 0.500. The second-order valence-electron chi connectivity index (χ2n) is 4.84. The number of nitrogens with zero attached hydrogens (tertiary/aromatic N) is 1. The van der Waals surface area contributed by atoms with Crippen molar-refractivity contribution in [2.75, 3.05) is 26.3 Å². The first-order chi connectivity index (χ1) is 8.68. The van der Waals surface area contributed by atoms with Crippen LogP contribution in [0.2, 0.25) is 0 Å². The van der Waals surface area contributed by atoms with Gasteiger partial charge in [-0.1, -0.05) is 30.3 Å². The molecule has 2 atom stereocenters. The molecule has 1 aromatic rings. The van der Waals surface area contributed by atoms with Crippen LogP contribution in [0, 0.1) is 5.41 Å². The molecule has 0 radical (unpaired) electrons. The van der Waals surface area contributed by atoms with Crippen LogP contribution in [0.1, 0.15) is 18.4 Å². The Morgan fingerprint density at radius 1 is 1.50 bits per heavy atom. The molecule has 18 heavy (non-hydrogen) atoms. The van der Waals surface area contributed by atoms with Gasteiger partial charge in [-0.15, -0.1) is 0 Å². The fourth-order valence-corrected chi connectivity index (χ4v) is 2.34. The summed E-state index contributed by atoms with van der Waals surface area (Å²) in [6, 6.07) is 10.4. The van der Waals surface area contributed by atoms with Crippen LogP contribution in [0.25, 0.3) is 0 Å². The number of amidine groups is 1. The molecule has 0 spiro atoms. The third-order valence-corrected chi connectivity index (χ3v) is 3.50. The van der Waals surface area contributed by atoms with Crippen LogP contribution in [0.15, 0.2) is 30.3 Å². The monoisotopic (exact) mass is 247 g/mol. The van der Waals surface area contributed by atoms with E-state index in [1.54, 1.807) is 0 Å². The predicted molar refractivity (Wildman–Crippen MR) is 73.0 cm³/mol. The summed E-state index contributed by atoms with van der Waals surface area (Å²) in [5, 5.41) is 7.79. The maximum atomic E-state index is 7.79. The highest BCUT2D eigenvalue weighted by Gasteiger charge is 2.24. The SMILES string of the molecule is CC1COCCN1CC(C(=N)N)c1ccccc1. The van der Waals surface area contributed by atoms with Crippen LogP contribution >= 0.6 is 0 Å². The molecule has 3 N–H and O–H groups in total. The van der Waals surface area contributed by atoms with Crippen LogP contribution in [0.4, 0.5) is 0 Å². The molecule has 0 aliphatic carbocycles. The van der Waals surface area contributed by atoms with Gasteiger partial charge >= 0.3 is 0 Å². The Morgan fingerprint density at radius 3 is 2.83 bits per heavy atom. The van der Waals surface area contributed by atoms with Crippen molar-refractivity contribution in [3.63, 3.8) is 0 Å². The standard InChI is InChI=1S/C14H21N3O/c1-11-10-18-8-7-17(11)9-13(14(15)16)12-5-3-2-4-6-12/h2-6,11,13H,7-10H2,1H3,(H3,15,16). The zero-order valence-corrected chi connectivity index (χ0v) is 10.8. The highest BCUT2D eigenvalue weighted by Crippen LogP contribution is 2.19. The molecule has 4 nitrogen and oxygen atoms in total. The summed E-state index contributed by atoms with van der Waals surface area (Å²) in [6.07, 6.45) is 0. The lowest BCUT2D eigenvalue weighted by Gasteiger charge is -2.35. The van der Waals surface area contributed by atoms with Gasteiger partial charge in [-0.2, -0.15) is 0 Å². The summed E-state index contributed by atoms with van der Waals surface area (Å²) >= 11 is 0. The minimum absolute atomic E-state index is 0.0215. The number of hydrogen-bond acceptors (Lipinski definition) is 3. The van der Waals surface area contributed by atoms with Gasteiger partial charge in [0.1, 0.15) is 0 Å². The summed E-state index contributed by atoms with van der Waals surface area (Å²) in [4.78, 5) is 2.35. The molecule has 1 aromatic carbocycles. The molecule has 4 heteroatoms. The summed E-state index contributed by atoms with van der Waals surface area (Å²) in [6.45, 7) is 5.40. The van der Waals surface area contributed by atoms with Gasteiger partial charge in [-0.25, -0.2) is 0 Å². The topological polar surface area (TPSA) is 62.3 Å². The van der Waals surface area contributed by atoms with E-state index < -0.39 is 0 Å². The van der Waals surface area contributed by atoms with Crippen molar-refractivity contribution in [1.82, 2.24) is 4.90 Å². The average Bonchev–Trinajstić information content (AvgIpc) is 2.38. The summed E-state index contributed by atoms with van der Waals surface area (Å²) in [7, 11) is 0. The van der Waals surface area contributed by atoms with Crippen molar-refractivity contribution < 1.29 is 4.74 Å². The Hall–Kier alpha value is -1.39. The van der Waals surface area contributed by atoms with Crippen molar-refractivity contribution in [2.45, 2.75) is 18.9 Å². The van der Waals surface area contributed by atoms with E-state index in [9.17, 15) is 0 Å². The molecular formula is C14H21N3O. The first-order valence-corrected chi connectivity index (χ1v) is 6.39. The third-order valence-electron chi connectivity index (χ3n) is 3.50. The Kier molecular flexibility index (Phi) is 4.33. The van der Waals surface area contributed by atoms with E-state index in [1.807, 2.05) is 30.3 Å². The lowest BCUT2D eigenvalue weighted by atomic mass is 9.96. The molecule has 1 fully saturated rings. The highest BCUT2D eigenvalue weighted by atomic mass is 16.5. The summed E-state index contributed by atoms with van der Waals surface area (Å²) in [5.74, 6) is 0.214. The van der Waals surface area contributed by atoms with Gasteiger partial charge in [-0.05, 0) is 12.5 Å². The van der Waals surface area contributed by atoms with Crippen LogP contribution in [-0.2, 0) is 4.74 Å². The van der Waals surface area contributed by atoms with Crippen molar-refractivity contribution in [3.05, 3.63) is 35.9 Å². The third kappa shape index (κ3) is 3.09. The minimum Gasteiger partial charge on any atom is -0.387 e. The van der Waals surface area contributed by atoms with Crippen LogP contribution in [0.3, 0.4) is 0 Å². The molecule has 1 saturated heterocycles. The van der Waals surface area contributed by atoms with E-state index in [1.165, 1.54) is 0 Å². The van der Waals surface area contributed by atoms with E-state index in [-0.39, 0.29) is 11.8 Å². The van der Waals surface area contributed by atoms with E-state index in [2.05, 4.69) is 11.8 Å².